The first kappa shape index (κ1) is 16.5. The Morgan fingerprint density at radius 1 is 1.52 bits per heavy atom. The topological polar surface area (TPSA) is 166 Å². The molecule has 0 aliphatic carbocycles. The number of imidazole rings is 1. The first-order chi connectivity index (χ1) is 10.7. The quantitative estimate of drug-likeness (QED) is 0.421. The van der Waals surface area contributed by atoms with E-state index in [9.17, 15) is 9.67 Å². The second-order valence-electron chi connectivity index (χ2n) is 4.94. The largest absolute Gasteiger partial charge is 0.469 e. The summed E-state index contributed by atoms with van der Waals surface area (Å²) in [7, 11) is -4.61. The maximum atomic E-state index is 10.7. The Kier molecular flexibility index (Phi) is 4.27. The maximum Gasteiger partial charge on any atom is 0.469 e. The van der Waals surface area contributed by atoms with Gasteiger partial charge in [0, 0.05) is 6.42 Å². The number of phosphoric acid groups is 1. The molecule has 0 amide bonds. The van der Waals surface area contributed by atoms with Crippen molar-refractivity contribution < 1.29 is 28.7 Å². The number of anilines is 1. The third-order valence-electron chi connectivity index (χ3n) is 3.29. The van der Waals surface area contributed by atoms with Gasteiger partial charge in [-0.3, -0.25) is 9.09 Å². The zero-order chi connectivity index (χ0) is 16.8. The van der Waals surface area contributed by atoms with Crippen LogP contribution >= 0.6 is 19.4 Å². The van der Waals surface area contributed by atoms with E-state index in [1.807, 2.05) is 0 Å². The summed E-state index contributed by atoms with van der Waals surface area (Å²) in [5.74, 6) is 0.0904. The van der Waals surface area contributed by atoms with E-state index in [2.05, 4.69) is 19.5 Å². The molecule has 0 spiro atoms. The molecule has 3 heterocycles. The number of hydrogen-bond acceptors (Lipinski definition) is 8. The van der Waals surface area contributed by atoms with E-state index in [0.717, 1.165) is 0 Å². The van der Waals surface area contributed by atoms with Gasteiger partial charge in [0.05, 0.1) is 19.0 Å². The van der Waals surface area contributed by atoms with Crippen LogP contribution in [0.25, 0.3) is 11.2 Å². The molecule has 0 unspecified atom stereocenters. The van der Waals surface area contributed by atoms with Crippen molar-refractivity contribution >= 4 is 36.4 Å². The summed E-state index contributed by atoms with van der Waals surface area (Å²) >= 11 is 5.77. The second-order valence-corrected chi connectivity index (χ2v) is 6.52. The number of aromatic nitrogens is 4. The fourth-order valence-electron chi connectivity index (χ4n) is 2.36. The molecule has 0 saturated carbocycles. The SMILES string of the molecule is Nc1nc(Cl)nc2c1ncn2[C@@H]1O[C@H](COP(=O)(O)O)C[C@H]1O. The summed E-state index contributed by atoms with van der Waals surface area (Å²) in [5, 5.41) is 10.0. The van der Waals surface area contributed by atoms with Crippen LogP contribution in [0.15, 0.2) is 6.33 Å². The first-order valence-electron chi connectivity index (χ1n) is 6.44. The normalized spacial score (nSPS) is 25.3. The average molecular weight is 366 g/mol. The lowest BCUT2D eigenvalue weighted by Crippen LogP contribution is -2.19. The molecule has 1 aliphatic rings. The number of fused-ring (bicyclic) bond motifs is 1. The number of phosphoric ester groups is 1. The Labute approximate surface area is 134 Å². The molecule has 3 rings (SSSR count). The van der Waals surface area contributed by atoms with Gasteiger partial charge in [-0.15, -0.1) is 0 Å². The molecule has 1 saturated heterocycles. The van der Waals surface area contributed by atoms with Crippen molar-refractivity contribution in [2.75, 3.05) is 12.3 Å². The predicted molar refractivity (Wildman–Crippen MR) is 77.3 cm³/mol. The molecule has 5 N–H and O–H groups in total. The molecule has 13 heteroatoms. The zero-order valence-electron chi connectivity index (χ0n) is 11.5. The van der Waals surface area contributed by atoms with Crippen LogP contribution in [0, 0.1) is 0 Å². The van der Waals surface area contributed by atoms with Gasteiger partial charge in [0.1, 0.15) is 11.6 Å². The Hall–Kier alpha value is -1.33. The fraction of sp³-hybridized carbons (Fsp3) is 0.500. The minimum atomic E-state index is -4.61. The molecule has 3 atom stereocenters. The minimum absolute atomic E-state index is 0.0781. The van der Waals surface area contributed by atoms with Crippen molar-refractivity contribution in [1.82, 2.24) is 19.5 Å². The highest BCUT2D eigenvalue weighted by atomic mass is 35.5. The summed E-state index contributed by atoms with van der Waals surface area (Å²) < 4.78 is 22.1. The molecule has 0 radical (unpaired) electrons. The summed E-state index contributed by atoms with van der Waals surface area (Å²) in [6.07, 6.45) is -1.02. The lowest BCUT2D eigenvalue weighted by Gasteiger charge is -2.17. The highest BCUT2D eigenvalue weighted by molar-refractivity contribution is 7.46. The van der Waals surface area contributed by atoms with E-state index in [4.69, 9.17) is 31.9 Å². The number of aliphatic hydroxyl groups is 1. The number of aliphatic hydroxyl groups excluding tert-OH is 1. The molecule has 126 valence electrons. The molecule has 1 fully saturated rings. The highest BCUT2D eigenvalue weighted by Crippen LogP contribution is 2.38. The van der Waals surface area contributed by atoms with Crippen molar-refractivity contribution in [3.63, 3.8) is 0 Å². The van der Waals surface area contributed by atoms with E-state index < -0.39 is 26.3 Å². The van der Waals surface area contributed by atoms with Crippen LogP contribution in [-0.4, -0.2) is 53.2 Å². The van der Waals surface area contributed by atoms with E-state index in [1.165, 1.54) is 10.9 Å². The van der Waals surface area contributed by atoms with Crippen LogP contribution in [0.1, 0.15) is 12.6 Å². The molecule has 2 aromatic heterocycles. The van der Waals surface area contributed by atoms with E-state index in [1.54, 1.807) is 0 Å². The van der Waals surface area contributed by atoms with E-state index in [-0.39, 0.29) is 29.8 Å². The van der Waals surface area contributed by atoms with Gasteiger partial charge in [0.15, 0.2) is 17.7 Å². The monoisotopic (exact) mass is 365 g/mol. The van der Waals surface area contributed by atoms with Crippen LogP contribution in [0.5, 0.6) is 0 Å². The molecule has 2 aromatic rings. The Morgan fingerprint density at radius 2 is 2.26 bits per heavy atom. The molecule has 1 aliphatic heterocycles. The van der Waals surface area contributed by atoms with E-state index >= 15 is 0 Å². The van der Waals surface area contributed by atoms with Crippen molar-refractivity contribution in [2.24, 2.45) is 0 Å². The highest BCUT2D eigenvalue weighted by Gasteiger charge is 2.37. The number of rotatable bonds is 4. The third-order valence-corrected chi connectivity index (χ3v) is 3.94. The molecular formula is C10H13ClN5O6P. The number of nitrogens with zero attached hydrogens (tertiary/aromatic N) is 4. The van der Waals surface area contributed by atoms with Gasteiger partial charge in [-0.2, -0.15) is 9.97 Å². The van der Waals surface area contributed by atoms with E-state index in [0.29, 0.717) is 5.52 Å². The second kappa shape index (κ2) is 5.95. The zero-order valence-corrected chi connectivity index (χ0v) is 13.1. The third kappa shape index (κ3) is 3.45. The summed E-state index contributed by atoms with van der Waals surface area (Å²) in [4.78, 5) is 29.3. The van der Waals surface area contributed by atoms with Crippen molar-refractivity contribution in [3.8, 4) is 0 Å². The van der Waals surface area contributed by atoms with Gasteiger partial charge in [-0.1, -0.05) is 0 Å². The predicted octanol–water partition coefficient (Wildman–Crippen LogP) is -0.180. The summed E-state index contributed by atoms with van der Waals surface area (Å²) in [6.45, 7) is -0.359. The number of nitrogen functional groups attached to an aromatic ring is 1. The molecule has 0 bridgehead atoms. The van der Waals surface area contributed by atoms with Crippen LogP contribution < -0.4 is 5.73 Å². The smallest absolute Gasteiger partial charge is 0.388 e. The van der Waals surface area contributed by atoms with Gasteiger partial charge in [-0.05, 0) is 11.6 Å². The lowest BCUT2D eigenvalue weighted by molar-refractivity contribution is -0.0481. The molecular weight excluding hydrogens is 353 g/mol. The van der Waals surface area contributed by atoms with Crippen molar-refractivity contribution in [2.45, 2.75) is 24.9 Å². The van der Waals surface area contributed by atoms with Gasteiger partial charge < -0.3 is 25.4 Å². The minimum Gasteiger partial charge on any atom is -0.388 e. The Morgan fingerprint density at radius 3 is 2.96 bits per heavy atom. The number of nitrogens with two attached hydrogens (primary N) is 1. The van der Waals surface area contributed by atoms with Gasteiger partial charge in [-0.25, -0.2) is 9.55 Å². The molecule has 23 heavy (non-hydrogen) atoms. The standard InChI is InChI=1S/C10H13ClN5O6P/c11-10-14-7(12)6-8(15-10)16(3-13-6)9-5(17)1-4(22-9)2-21-23(18,19)20/h3-5,9,17H,1-2H2,(H2,12,14,15)(H2,18,19,20)/t4-,5+,9+/m0/s1. The Bertz CT molecular complexity index is 780. The summed E-state index contributed by atoms with van der Waals surface area (Å²) in [6, 6.07) is 0. The fourth-order valence-corrected chi connectivity index (χ4v) is 2.90. The lowest BCUT2D eigenvalue weighted by atomic mass is 10.2. The van der Waals surface area contributed by atoms with Gasteiger partial charge in [0.2, 0.25) is 5.28 Å². The summed E-state index contributed by atoms with van der Waals surface area (Å²) in [5.41, 5.74) is 6.29. The molecule has 11 nitrogen and oxygen atoms in total. The number of halogens is 1. The van der Waals surface area contributed by atoms with Crippen LogP contribution in [0.2, 0.25) is 5.28 Å². The van der Waals surface area contributed by atoms with Crippen LogP contribution in [0.3, 0.4) is 0 Å². The van der Waals surface area contributed by atoms with Crippen LogP contribution in [0.4, 0.5) is 5.82 Å². The molecule has 0 aromatic carbocycles. The Balaban J connectivity index is 1.84. The average Bonchev–Trinajstić information content (AvgIpc) is 2.99. The van der Waals surface area contributed by atoms with Gasteiger partial charge in [0.25, 0.3) is 0 Å². The van der Waals surface area contributed by atoms with Crippen molar-refractivity contribution in [3.05, 3.63) is 11.6 Å². The van der Waals surface area contributed by atoms with Crippen molar-refractivity contribution in [1.29, 1.82) is 0 Å². The van der Waals surface area contributed by atoms with Gasteiger partial charge >= 0.3 is 7.82 Å². The number of ether oxygens (including phenoxy) is 1. The number of hydrogen-bond donors (Lipinski definition) is 4. The first-order valence-corrected chi connectivity index (χ1v) is 8.34. The maximum absolute atomic E-state index is 10.7. The van der Waals surface area contributed by atoms with Crippen LogP contribution in [-0.2, 0) is 13.8 Å².